The molecule has 0 saturated heterocycles. The molecule has 5 nitrogen and oxygen atoms in total. The third kappa shape index (κ3) is 10.4. The molecule has 0 radical (unpaired) electrons. The minimum absolute atomic E-state index is 0. The highest BCUT2D eigenvalue weighted by molar-refractivity contribution is 14.0. The molecule has 0 aliphatic heterocycles. The van der Waals surface area contributed by atoms with Crippen molar-refractivity contribution in [2.24, 2.45) is 10.9 Å². The van der Waals surface area contributed by atoms with E-state index in [1.54, 1.807) is 19.0 Å². The van der Waals surface area contributed by atoms with Gasteiger partial charge in [0.1, 0.15) is 6.54 Å². The molecule has 1 atom stereocenters. The van der Waals surface area contributed by atoms with Crippen LogP contribution in [0.5, 0.6) is 0 Å². The van der Waals surface area contributed by atoms with Gasteiger partial charge in [-0.05, 0) is 32.1 Å². The predicted octanol–water partition coefficient (Wildman–Crippen LogP) is 3.39. The third-order valence-electron chi connectivity index (χ3n) is 4.37. The molecule has 0 bridgehead atoms. The number of carbonyl (C=O) groups excluding carboxylic acids is 1. The highest BCUT2D eigenvalue weighted by Gasteiger charge is 2.17. The molecule has 1 saturated carbocycles. The van der Waals surface area contributed by atoms with Crippen LogP contribution in [0.25, 0.3) is 0 Å². The zero-order chi connectivity index (χ0) is 17.2. The second-order valence-corrected chi connectivity index (χ2v) is 7.45. The standard InChI is InChI=1S/C18H36N4O.HI/c1-14(2)9-8-10-15(3)20-18(19-13-17(23)22(4)5)21-16-11-6-7-12-16;/h14-16H,6-13H2,1-5H3,(H2,19,20,21);1H. The Morgan fingerprint density at radius 2 is 1.79 bits per heavy atom. The van der Waals surface area contributed by atoms with Gasteiger partial charge in [0, 0.05) is 26.2 Å². The molecule has 2 N–H and O–H groups in total. The largest absolute Gasteiger partial charge is 0.354 e. The van der Waals surface area contributed by atoms with E-state index in [1.807, 2.05) is 0 Å². The SMILES string of the molecule is CC(C)CCCC(C)NC(=NCC(=O)N(C)C)NC1CCCC1.I. The maximum atomic E-state index is 11.8. The highest BCUT2D eigenvalue weighted by atomic mass is 127. The molecule has 1 aliphatic rings. The summed E-state index contributed by atoms with van der Waals surface area (Å²) in [6.45, 7) is 6.92. The van der Waals surface area contributed by atoms with Crippen molar-refractivity contribution >= 4 is 35.8 Å². The predicted molar refractivity (Wildman–Crippen MR) is 113 cm³/mol. The molecule has 1 fully saturated rings. The van der Waals surface area contributed by atoms with E-state index in [-0.39, 0.29) is 36.4 Å². The lowest BCUT2D eigenvalue weighted by atomic mass is 10.0. The summed E-state index contributed by atoms with van der Waals surface area (Å²) in [6, 6.07) is 0.870. The number of nitrogens with one attached hydrogen (secondary N) is 2. The summed E-state index contributed by atoms with van der Waals surface area (Å²) >= 11 is 0. The summed E-state index contributed by atoms with van der Waals surface area (Å²) in [4.78, 5) is 17.9. The van der Waals surface area contributed by atoms with Crippen molar-refractivity contribution in [2.75, 3.05) is 20.6 Å². The summed E-state index contributed by atoms with van der Waals surface area (Å²) in [5.41, 5.74) is 0. The Morgan fingerprint density at radius 3 is 2.33 bits per heavy atom. The molecule has 24 heavy (non-hydrogen) atoms. The first-order valence-corrected chi connectivity index (χ1v) is 9.16. The fourth-order valence-corrected chi connectivity index (χ4v) is 2.82. The average Bonchev–Trinajstić information content (AvgIpc) is 2.96. The number of aliphatic imine (C=N–C) groups is 1. The van der Waals surface area contributed by atoms with Gasteiger partial charge < -0.3 is 15.5 Å². The van der Waals surface area contributed by atoms with Crippen LogP contribution in [0.2, 0.25) is 0 Å². The summed E-state index contributed by atoms with van der Waals surface area (Å²) in [6.07, 6.45) is 8.57. The van der Waals surface area contributed by atoms with Crippen LogP contribution in [-0.4, -0.2) is 49.5 Å². The fourth-order valence-electron chi connectivity index (χ4n) is 2.82. The van der Waals surface area contributed by atoms with Crippen molar-refractivity contribution in [3.63, 3.8) is 0 Å². The van der Waals surface area contributed by atoms with Crippen molar-refractivity contribution in [2.45, 2.75) is 77.8 Å². The molecule has 0 heterocycles. The van der Waals surface area contributed by atoms with E-state index in [2.05, 4.69) is 36.4 Å². The highest BCUT2D eigenvalue weighted by Crippen LogP contribution is 2.17. The molecular formula is C18H37IN4O. The number of hydrogen-bond acceptors (Lipinski definition) is 2. The van der Waals surface area contributed by atoms with Crippen molar-refractivity contribution in [3.8, 4) is 0 Å². The van der Waals surface area contributed by atoms with E-state index in [9.17, 15) is 4.79 Å². The van der Waals surface area contributed by atoms with Crippen molar-refractivity contribution in [1.29, 1.82) is 0 Å². The van der Waals surface area contributed by atoms with Crippen LogP contribution in [0.15, 0.2) is 4.99 Å². The number of guanidine groups is 1. The molecule has 1 amide bonds. The molecule has 1 aliphatic carbocycles. The Labute approximate surface area is 165 Å². The van der Waals surface area contributed by atoms with Gasteiger partial charge in [0.15, 0.2) is 5.96 Å². The molecule has 0 spiro atoms. The topological polar surface area (TPSA) is 56.7 Å². The molecule has 0 aromatic heterocycles. The van der Waals surface area contributed by atoms with Gasteiger partial charge >= 0.3 is 0 Å². The lowest BCUT2D eigenvalue weighted by molar-refractivity contribution is -0.127. The number of rotatable bonds is 8. The number of hydrogen-bond donors (Lipinski definition) is 2. The Kier molecular flexibility index (Phi) is 12.5. The maximum absolute atomic E-state index is 11.8. The van der Waals surface area contributed by atoms with Crippen LogP contribution >= 0.6 is 24.0 Å². The monoisotopic (exact) mass is 452 g/mol. The Balaban J connectivity index is 0.00000529. The van der Waals surface area contributed by atoms with Crippen LogP contribution in [0.3, 0.4) is 0 Å². The Bertz CT molecular complexity index is 379. The summed E-state index contributed by atoms with van der Waals surface area (Å²) in [5.74, 6) is 1.58. The number of likely N-dealkylation sites (N-methyl/N-ethyl adjacent to an activating group) is 1. The number of amides is 1. The third-order valence-corrected chi connectivity index (χ3v) is 4.37. The quantitative estimate of drug-likeness (QED) is 0.337. The molecule has 0 aromatic rings. The minimum Gasteiger partial charge on any atom is -0.354 e. The van der Waals surface area contributed by atoms with E-state index in [0.717, 1.165) is 18.3 Å². The Hall–Kier alpha value is -0.530. The number of nitrogens with zero attached hydrogens (tertiary/aromatic N) is 2. The maximum Gasteiger partial charge on any atom is 0.243 e. The summed E-state index contributed by atoms with van der Waals surface area (Å²) in [7, 11) is 3.54. The smallest absolute Gasteiger partial charge is 0.243 e. The average molecular weight is 452 g/mol. The van der Waals surface area contributed by atoms with Gasteiger partial charge in [0.2, 0.25) is 5.91 Å². The molecule has 0 aromatic carbocycles. The van der Waals surface area contributed by atoms with E-state index < -0.39 is 0 Å². The zero-order valence-electron chi connectivity index (χ0n) is 16.1. The van der Waals surface area contributed by atoms with Crippen LogP contribution < -0.4 is 10.6 Å². The second-order valence-electron chi connectivity index (χ2n) is 7.45. The van der Waals surface area contributed by atoms with Crippen LogP contribution in [0.4, 0.5) is 0 Å². The van der Waals surface area contributed by atoms with Gasteiger partial charge in [-0.25, -0.2) is 4.99 Å². The fraction of sp³-hybridized carbons (Fsp3) is 0.889. The number of carbonyl (C=O) groups is 1. The van der Waals surface area contributed by atoms with E-state index in [4.69, 9.17) is 0 Å². The van der Waals surface area contributed by atoms with Gasteiger partial charge in [0.05, 0.1) is 0 Å². The van der Waals surface area contributed by atoms with Crippen molar-refractivity contribution in [3.05, 3.63) is 0 Å². The van der Waals surface area contributed by atoms with Crippen LogP contribution in [-0.2, 0) is 4.79 Å². The lowest BCUT2D eigenvalue weighted by Crippen LogP contribution is -2.46. The van der Waals surface area contributed by atoms with Gasteiger partial charge in [-0.15, -0.1) is 24.0 Å². The normalized spacial score (nSPS) is 16.7. The van der Waals surface area contributed by atoms with Gasteiger partial charge in [-0.2, -0.15) is 0 Å². The second kappa shape index (κ2) is 12.8. The minimum atomic E-state index is 0. The lowest BCUT2D eigenvalue weighted by Gasteiger charge is -2.22. The first-order valence-electron chi connectivity index (χ1n) is 9.16. The molecule has 1 unspecified atom stereocenters. The molecular weight excluding hydrogens is 415 g/mol. The molecule has 142 valence electrons. The zero-order valence-corrected chi connectivity index (χ0v) is 18.4. The first kappa shape index (κ1) is 23.5. The van der Waals surface area contributed by atoms with Crippen LogP contribution in [0, 0.1) is 5.92 Å². The van der Waals surface area contributed by atoms with E-state index >= 15 is 0 Å². The van der Waals surface area contributed by atoms with Gasteiger partial charge in [0.25, 0.3) is 0 Å². The van der Waals surface area contributed by atoms with Crippen molar-refractivity contribution in [1.82, 2.24) is 15.5 Å². The van der Waals surface area contributed by atoms with E-state index in [1.165, 1.54) is 38.5 Å². The van der Waals surface area contributed by atoms with E-state index in [0.29, 0.717) is 12.1 Å². The van der Waals surface area contributed by atoms with Crippen LogP contribution in [0.1, 0.15) is 65.7 Å². The molecule has 6 heteroatoms. The van der Waals surface area contributed by atoms with Gasteiger partial charge in [-0.3, -0.25) is 4.79 Å². The summed E-state index contributed by atoms with van der Waals surface area (Å²) < 4.78 is 0. The Morgan fingerprint density at radius 1 is 1.17 bits per heavy atom. The molecule has 1 rings (SSSR count). The first-order chi connectivity index (χ1) is 10.9. The summed E-state index contributed by atoms with van der Waals surface area (Å²) in [5, 5.41) is 6.99. The number of halogens is 1. The van der Waals surface area contributed by atoms with Crippen molar-refractivity contribution < 1.29 is 4.79 Å². The van der Waals surface area contributed by atoms with Gasteiger partial charge in [-0.1, -0.05) is 39.5 Å².